The van der Waals surface area contributed by atoms with Crippen LogP contribution in [-0.2, 0) is 9.31 Å². The Labute approximate surface area is 220 Å². The molecule has 0 saturated carbocycles. The van der Waals surface area contributed by atoms with Crippen LogP contribution in [0.2, 0.25) is 0 Å². The standard InChI is InChI=1S/C34H31BO2/c1-33(2)34(3,4)37-35(36-33)30-15-8-14-29(23-30)28-13-7-12-27(22-28)24-18-20-26(21-19-24)32-17-9-11-25-10-5-6-16-31(25)32/h5-23H,1-4H3. The fourth-order valence-corrected chi connectivity index (χ4v) is 5.04. The van der Waals surface area contributed by atoms with Gasteiger partial charge in [-0.05, 0) is 83.4 Å². The Morgan fingerprint density at radius 3 is 1.76 bits per heavy atom. The zero-order valence-electron chi connectivity index (χ0n) is 21.9. The third-order valence-corrected chi connectivity index (χ3v) is 7.93. The van der Waals surface area contributed by atoms with E-state index in [-0.39, 0.29) is 18.3 Å². The molecule has 1 aliphatic heterocycles. The van der Waals surface area contributed by atoms with Crippen LogP contribution in [0.15, 0.2) is 115 Å². The highest BCUT2D eigenvalue weighted by Gasteiger charge is 2.51. The lowest BCUT2D eigenvalue weighted by Gasteiger charge is -2.32. The fourth-order valence-electron chi connectivity index (χ4n) is 5.04. The van der Waals surface area contributed by atoms with Crippen molar-refractivity contribution in [3.05, 3.63) is 115 Å². The predicted molar refractivity (Wildman–Crippen MR) is 156 cm³/mol. The van der Waals surface area contributed by atoms with Crippen molar-refractivity contribution in [2.24, 2.45) is 0 Å². The van der Waals surface area contributed by atoms with Gasteiger partial charge in [-0.25, -0.2) is 0 Å². The van der Waals surface area contributed by atoms with E-state index in [9.17, 15) is 0 Å². The molecule has 5 aromatic carbocycles. The predicted octanol–water partition coefficient (Wildman–Crippen LogP) is 8.14. The molecule has 0 atom stereocenters. The molecule has 3 heteroatoms. The maximum Gasteiger partial charge on any atom is 0.494 e. The first kappa shape index (κ1) is 23.7. The summed E-state index contributed by atoms with van der Waals surface area (Å²) in [4.78, 5) is 0. The molecule has 0 radical (unpaired) electrons. The highest BCUT2D eigenvalue weighted by atomic mass is 16.7. The Bertz CT molecular complexity index is 1560. The van der Waals surface area contributed by atoms with E-state index in [1.807, 2.05) is 0 Å². The van der Waals surface area contributed by atoms with Gasteiger partial charge in [0.1, 0.15) is 0 Å². The summed E-state index contributed by atoms with van der Waals surface area (Å²) in [6, 6.07) is 41.2. The summed E-state index contributed by atoms with van der Waals surface area (Å²) in [5, 5.41) is 2.54. The number of hydrogen-bond acceptors (Lipinski definition) is 2. The van der Waals surface area contributed by atoms with E-state index in [1.165, 1.54) is 38.6 Å². The van der Waals surface area contributed by atoms with Gasteiger partial charge in [-0.2, -0.15) is 0 Å². The van der Waals surface area contributed by atoms with E-state index in [1.54, 1.807) is 0 Å². The molecule has 0 unspecified atom stereocenters. The second-order valence-electron chi connectivity index (χ2n) is 10.9. The van der Waals surface area contributed by atoms with Gasteiger partial charge >= 0.3 is 7.12 Å². The summed E-state index contributed by atoms with van der Waals surface area (Å²) >= 11 is 0. The summed E-state index contributed by atoms with van der Waals surface area (Å²) in [6.07, 6.45) is 0. The highest BCUT2D eigenvalue weighted by Crippen LogP contribution is 2.37. The van der Waals surface area contributed by atoms with Gasteiger partial charge in [-0.3, -0.25) is 0 Å². The van der Waals surface area contributed by atoms with Gasteiger partial charge in [0, 0.05) is 0 Å². The topological polar surface area (TPSA) is 18.5 Å². The molecule has 1 fully saturated rings. The van der Waals surface area contributed by atoms with Crippen molar-refractivity contribution in [1.29, 1.82) is 0 Å². The average molecular weight is 482 g/mol. The first-order valence-electron chi connectivity index (χ1n) is 13.0. The van der Waals surface area contributed by atoms with Gasteiger partial charge in [0.15, 0.2) is 0 Å². The molecule has 2 nitrogen and oxygen atoms in total. The summed E-state index contributed by atoms with van der Waals surface area (Å²) in [7, 11) is -0.366. The van der Waals surface area contributed by atoms with E-state index >= 15 is 0 Å². The third-order valence-electron chi connectivity index (χ3n) is 7.93. The van der Waals surface area contributed by atoms with Crippen LogP contribution in [-0.4, -0.2) is 18.3 Å². The Hall–Kier alpha value is -3.66. The molecule has 0 spiro atoms. The van der Waals surface area contributed by atoms with Crippen LogP contribution >= 0.6 is 0 Å². The minimum Gasteiger partial charge on any atom is -0.399 e. The Kier molecular flexibility index (Phi) is 5.79. The van der Waals surface area contributed by atoms with Gasteiger partial charge in [-0.1, -0.05) is 109 Å². The maximum absolute atomic E-state index is 6.29. The maximum atomic E-state index is 6.29. The van der Waals surface area contributed by atoms with Gasteiger partial charge in [0.2, 0.25) is 0 Å². The second-order valence-corrected chi connectivity index (χ2v) is 10.9. The van der Waals surface area contributed by atoms with Gasteiger partial charge in [-0.15, -0.1) is 0 Å². The molecule has 0 amide bonds. The third kappa shape index (κ3) is 4.39. The smallest absolute Gasteiger partial charge is 0.399 e. The minimum atomic E-state index is -0.366. The lowest BCUT2D eigenvalue weighted by Crippen LogP contribution is -2.41. The quantitative estimate of drug-likeness (QED) is 0.241. The molecule has 0 N–H and O–H groups in total. The fraction of sp³-hybridized carbons (Fsp3) is 0.176. The van der Waals surface area contributed by atoms with Crippen LogP contribution in [0.1, 0.15) is 27.7 Å². The van der Waals surface area contributed by atoms with Crippen molar-refractivity contribution >= 4 is 23.4 Å². The Balaban J connectivity index is 1.29. The van der Waals surface area contributed by atoms with Crippen LogP contribution in [0.4, 0.5) is 0 Å². The van der Waals surface area contributed by atoms with Crippen LogP contribution in [0.25, 0.3) is 44.2 Å². The van der Waals surface area contributed by atoms with Crippen molar-refractivity contribution < 1.29 is 9.31 Å². The molecular weight excluding hydrogens is 451 g/mol. The van der Waals surface area contributed by atoms with E-state index in [2.05, 4.69) is 143 Å². The average Bonchev–Trinajstić information content (AvgIpc) is 3.15. The van der Waals surface area contributed by atoms with Crippen molar-refractivity contribution in [1.82, 2.24) is 0 Å². The largest absolute Gasteiger partial charge is 0.494 e. The molecular formula is C34H31BO2. The zero-order chi connectivity index (χ0) is 25.6. The number of benzene rings is 5. The van der Waals surface area contributed by atoms with E-state index in [0.29, 0.717) is 0 Å². The summed E-state index contributed by atoms with van der Waals surface area (Å²) in [5.41, 5.74) is 7.55. The van der Waals surface area contributed by atoms with Crippen LogP contribution < -0.4 is 5.46 Å². The van der Waals surface area contributed by atoms with Gasteiger partial charge < -0.3 is 9.31 Å². The number of fused-ring (bicyclic) bond motifs is 1. The summed E-state index contributed by atoms with van der Waals surface area (Å²) in [5.74, 6) is 0. The molecule has 5 aromatic rings. The van der Waals surface area contributed by atoms with E-state index < -0.39 is 0 Å². The summed E-state index contributed by atoms with van der Waals surface area (Å²) < 4.78 is 12.6. The van der Waals surface area contributed by atoms with Crippen LogP contribution in [0, 0.1) is 0 Å². The van der Waals surface area contributed by atoms with Gasteiger partial charge in [0.05, 0.1) is 11.2 Å². The SMILES string of the molecule is CC1(C)OB(c2cccc(-c3cccc(-c4ccc(-c5cccc6ccccc56)cc4)c3)c2)OC1(C)C. The van der Waals surface area contributed by atoms with Crippen molar-refractivity contribution in [3.63, 3.8) is 0 Å². The molecule has 182 valence electrons. The zero-order valence-corrected chi connectivity index (χ0v) is 21.9. The summed E-state index contributed by atoms with van der Waals surface area (Å²) in [6.45, 7) is 8.36. The van der Waals surface area contributed by atoms with Crippen molar-refractivity contribution in [2.75, 3.05) is 0 Å². The Morgan fingerprint density at radius 1 is 0.486 bits per heavy atom. The normalized spacial score (nSPS) is 16.3. The minimum absolute atomic E-state index is 0.355. The molecule has 6 rings (SSSR count). The van der Waals surface area contributed by atoms with E-state index in [0.717, 1.165) is 11.0 Å². The molecule has 0 aliphatic carbocycles. The first-order valence-corrected chi connectivity index (χ1v) is 13.0. The number of rotatable bonds is 4. The molecule has 0 aromatic heterocycles. The number of hydrogen-bond donors (Lipinski definition) is 0. The lowest BCUT2D eigenvalue weighted by atomic mass is 9.78. The second kappa shape index (κ2) is 9.02. The first-order chi connectivity index (χ1) is 17.8. The molecule has 1 saturated heterocycles. The lowest BCUT2D eigenvalue weighted by molar-refractivity contribution is 0.00578. The van der Waals surface area contributed by atoms with Gasteiger partial charge in [0.25, 0.3) is 0 Å². The van der Waals surface area contributed by atoms with Crippen molar-refractivity contribution in [2.45, 2.75) is 38.9 Å². The monoisotopic (exact) mass is 482 g/mol. The Morgan fingerprint density at radius 2 is 1.03 bits per heavy atom. The molecule has 0 bridgehead atoms. The van der Waals surface area contributed by atoms with E-state index in [4.69, 9.17) is 9.31 Å². The molecule has 1 aliphatic rings. The van der Waals surface area contributed by atoms with Crippen molar-refractivity contribution in [3.8, 4) is 33.4 Å². The van der Waals surface area contributed by atoms with Crippen LogP contribution in [0.5, 0.6) is 0 Å². The van der Waals surface area contributed by atoms with Crippen LogP contribution in [0.3, 0.4) is 0 Å². The molecule has 1 heterocycles. The highest BCUT2D eigenvalue weighted by molar-refractivity contribution is 6.62. The molecule has 37 heavy (non-hydrogen) atoms.